The van der Waals surface area contributed by atoms with Gasteiger partial charge in [-0.05, 0) is 41.8 Å². The van der Waals surface area contributed by atoms with Crippen molar-refractivity contribution in [3.8, 4) is 5.75 Å². The minimum atomic E-state index is 0.0585. The first-order valence-electron chi connectivity index (χ1n) is 8.85. The molecule has 1 aliphatic heterocycles. The first-order chi connectivity index (χ1) is 12.2. The van der Waals surface area contributed by atoms with Crippen LogP contribution in [0.15, 0.2) is 48.8 Å². The monoisotopic (exact) mass is 339 g/mol. The quantitative estimate of drug-likeness (QED) is 0.811. The van der Waals surface area contributed by atoms with E-state index in [0.29, 0.717) is 0 Å². The molecule has 132 valence electrons. The normalized spacial score (nSPS) is 15.2. The van der Waals surface area contributed by atoms with Crippen molar-refractivity contribution in [1.82, 2.24) is 14.8 Å². The van der Waals surface area contributed by atoms with Gasteiger partial charge < -0.3 is 9.64 Å². The third-order valence-electron chi connectivity index (χ3n) is 4.57. The highest BCUT2D eigenvalue weighted by Crippen LogP contribution is 2.13. The van der Waals surface area contributed by atoms with Crippen molar-refractivity contribution >= 4 is 5.91 Å². The number of hydrogen-bond donors (Lipinski definition) is 0. The first kappa shape index (κ1) is 17.4. The summed E-state index contributed by atoms with van der Waals surface area (Å²) in [6.07, 6.45) is 4.64. The number of carbonyl (C=O) groups is 1. The third kappa shape index (κ3) is 5.03. The molecule has 2 aromatic rings. The van der Waals surface area contributed by atoms with Crippen molar-refractivity contribution in [1.29, 1.82) is 0 Å². The van der Waals surface area contributed by atoms with E-state index in [1.54, 1.807) is 0 Å². The van der Waals surface area contributed by atoms with Gasteiger partial charge in [-0.15, -0.1) is 0 Å². The highest BCUT2D eigenvalue weighted by atomic mass is 16.5. The molecule has 3 rings (SSSR count). The smallest absolute Gasteiger partial charge is 0.260 e. The molecule has 0 saturated carbocycles. The summed E-state index contributed by atoms with van der Waals surface area (Å²) >= 11 is 0. The summed E-state index contributed by atoms with van der Waals surface area (Å²) in [5.74, 6) is 0.810. The van der Waals surface area contributed by atoms with Crippen molar-refractivity contribution in [2.45, 2.75) is 19.9 Å². The SMILES string of the molecule is CCc1ccc(OCC(=O)N2CCN(Cc3ccncc3)CC2)cc1. The lowest BCUT2D eigenvalue weighted by Gasteiger charge is -2.34. The van der Waals surface area contributed by atoms with Gasteiger partial charge in [0.25, 0.3) is 5.91 Å². The molecule has 1 fully saturated rings. The largest absolute Gasteiger partial charge is 0.484 e. The van der Waals surface area contributed by atoms with E-state index in [-0.39, 0.29) is 12.5 Å². The van der Waals surface area contributed by atoms with Crippen LogP contribution in [0.2, 0.25) is 0 Å². The second-order valence-corrected chi connectivity index (χ2v) is 6.30. The summed E-state index contributed by atoms with van der Waals surface area (Å²) in [6, 6.07) is 12.0. The van der Waals surface area contributed by atoms with Crippen LogP contribution in [-0.2, 0) is 17.8 Å². The van der Waals surface area contributed by atoms with Gasteiger partial charge in [0, 0.05) is 45.1 Å². The number of ether oxygens (including phenoxy) is 1. The number of piperazine rings is 1. The van der Waals surface area contributed by atoms with E-state index in [4.69, 9.17) is 4.74 Å². The third-order valence-corrected chi connectivity index (χ3v) is 4.57. The lowest BCUT2D eigenvalue weighted by Crippen LogP contribution is -2.49. The molecule has 0 unspecified atom stereocenters. The summed E-state index contributed by atoms with van der Waals surface area (Å²) < 4.78 is 5.63. The summed E-state index contributed by atoms with van der Waals surface area (Å²) in [5, 5.41) is 0. The molecule has 1 amide bonds. The Balaban J connectivity index is 1.41. The van der Waals surface area contributed by atoms with E-state index in [2.05, 4.69) is 16.8 Å². The Morgan fingerprint density at radius 3 is 2.32 bits per heavy atom. The van der Waals surface area contributed by atoms with Crippen LogP contribution in [0.3, 0.4) is 0 Å². The van der Waals surface area contributed by atoms with Gasteiger partial charge in [-0.1, -0.05) is 19.1 Å². The van der Waals surface area contributed by atoms with E-state index in [1.165, 1.54) is 11.1 Å². The van der Waals surface area contributed by atoms with Crippen molar-refractivity contribution in [2.75, 3.05) is 32.8 Å². The maximum absolute atomic E-state index is 12.3. The van der Waals surface area contributed by atoms with Gasteiger partial charge in [-0.3, -0.25) is 14.7 Å². The summed E-state index contributed by atoms with van der Waals surface area (Å²) in [4.78, 5) is 20.6. The summed E-state index contributed by atoms with van der Waals surface area (Å²) in [6.45, 7) is 6.41. The average Bonchev–Trinajstić information content (AvgIpc) is 2.68. The molecule has 1 aromatic carbocycles. The molecule has 1 aliphatic rings. The van der Waals surface area contributed by atoms with Crippen molar-refractivity contribution < 1.29 is 9.53 Å². The fourth-order valence-electron chi connectivity index (χ4n) is 2.96. The molecule has 1 saturated heterocycles. The summed E-state index contributed by atoms with van der Waals surface area (Å²) in [5.41, 5.74) is 2.53. The Morgan fingerprint density at radius 1 is 1.00 bits per heavy atom. The minimum Gasteiger partial charge on any atom is -0.484 e. The Bertz CT molecular complexity index is 665. The van der Waals surface area contributed by atoms with Gasteiger partial charge in [0.15, 0.2) is 6.61 Å². The number of nitrogens with zero attached hydrogens (tertiary/aromatic N) is 3. The van der Waals surface area contributed by atoms with Crippen LogP contribution in [0.1, 0.15) is 18.1 Å². The van der Waals surface area contributed by atoms with Crippen LogP contribution in [0.4, 0.5) is 0 Å². The Kier molecular flexibility index (Phi) is 6.01. The highest BCUT2D eigenvalue weighted by Gasteiger charge is 2.21. The molecule has 0 spiro atoms. The minimum absolute atomic E-state index is 0.0585. The van der Waals surface area contributed by atoms with Gasteiger partial charge in [0.1, 0.15) is 5.75 Å². The fraction of sp³-hybridized carbons (Fsp3) is 0.400. The van der Waals surface area contributed by atoms with Crippen LogP contribution in [-0.4, -0.2) is 53.5 Å². The van der Waals surface area contributed by atoms with Crippen LogP contribution in [0.25, 0.3) is 0 Å². The molecule has 0 N–H and O–H groups in total. The van der Waals surface area contributed by atoms with Gasteiger partial charge in [0.2, 0.25) is 0 Å². The molecule has 25 heavy (non-hydrogen) atoms. The molecular weight excluding hydrogens is 314 g/mol. The topological polar surface area (TPSA) is 45.7 Å². The first-order valence-corrected chi connectivity index (χ1v) is 8.85. The second-order valence-electron chi connectivity index (χ2n) is 6.30. The molecule has 0 aliphatic carbocycles. The molecule has 5 heteroatoms. The zero-order valence-corrected chi connectivity index (χ0v) is 14.7. The maximum Gasteiger partial charge on any atom is 0.260 e. The zero-order chi connectivity index (χ0) is 17.5. The number of hydrogen-bond acceptors (Lipinski definition) is 4. The highest BCUT2D eigenvalue weighted by molar-refractivity contribution is 5.77. The molecular formula is C20H25N3O2. The number of carbonyl (C=O) groups excluding carboxylic acids is 1. The van der Waals surface area contributed by atoms with Crippen LogP contribution in [0.5, 0.6) is 5.75 Å². The number of pyridine rings is 1. The van der Waals surface area contributed by atoms with Gasteiger partial charge in [0.05, 0.1) is 0 Å². The number of aryl methyl sites for hydroxylation is 1. The Hall–Kier alpha value is -2.40. The Morgan fingerprint density at radius 2 is 1.68 bits per heavy atom. The molecule has 5 nitrogen and oxygen atoms in total. The number of amides is 1. The molecule has 0 atom stereocenters. The molecule has 1 aromatic heterocycles. The molecule has 0 radical (unpaired) electrons. The van der Waals surface area contributed by atoms with E-state index in [9.17, 15) is 4.79 Å². The maximum atomic E-state index is 12.3. The number of rotatable bonds is 6. The average molecular weight is 339 g/mol. The second kappa shape index (κ2) is 8.62. The van der Waals surface area contributed by atoms with Gasteiger partial charge >= 0.3 is 0 Å². The van der Waals surface area contributed by atoms with E-state index < -0.39 is 0 Å². The van der Waals surface area contributed by atoms with Gasteiger partial charge in [-0.2, -0.15) is 0 Å². The molecule has 0 bridgehead atoms. The van der Waals surface area contributed by atoms with E-state index in [1.807, 2.05) is 53.7 Å². The van der Waals surface area contributed by atoms with Crippen LogP contribution >= 0.6 is 0 Å². The summed E-state index contributed by atoms with van der Waals surface area (Å²) in [7, 11) is 0. The van der Waals surface area contributed by atoms with Gasteiger partial charge in [-0.25, -0.2) is 0 Å². The van der Waals surface area contributed by atoms with E-state index in [0.717, 1.165) is 44.9 Å². The van der Waals surface area contributed by atoms with Crippen LogP contribution < -0.4 is 4.74 Å². The predicted octanol–water partition coefficient (Wildman–Crippen LogP) is 2.37. The predicted molar refractivity (Wildman–Crippen MR) is 97.4 cm³/mol. The fourth-order valence-corrected chi connectivity index (χ4v) is 2.96. The van der Waals surface area contributed by atoms with Crippen molar-refractivity contribution in [3.63, 3.8) is 0 Å². The zero-order valence-electron chi connectivity index (χ0n) is 14.7. The van der Waals surface area contributed by atoms with E-state index >= 15 is 0 Å². The van der Waals surface area contributed by atoms with Crippen molar-refractivity contribution in [3.05, 3.63) is 59.9 Å². The standard InChI is InChI=1S/C20H25N3O2/c1-2-17-3-5-19(6-4-17)25-16-20(24)23-13-11-22(12-14-23)15-18-7-9-21-10-8-18/h3-10H,2,11-16H2,1H3. The molecule has 2 heterocycles. The van der Waals surface area contributed by atoms with Crippen LogP contribution in [0, 0.1) is 0 Å². The van der Waals surface area contributed by atoms with Crippen molar-refractivity contribution in [2.24, 2.45) is 0 Å². The number of aromatic nitrogens is 1. The lowest BCUT2D eigenvalue weighted by molar-refractivity contribution is -0.135. The lowest BCUT2D eigenvalue weighted by atomic mass is 10.2. The Labute approximate surface area is 149 Å². The number of benzene rings is 1.